The minimum absolute atomic E-state index is 0.314. The van der Waals surface area contributed by atoms with E-state index in [1.54, 1.807) is 0 Å². The van der Waals surface area contributed by atoms with Crippen molar-refractivity contribution in [3.63, 3.8) is 0 Å². The van der Waals surface area contributed by atoms with Crippen LogP contribution in [0.5, 0.6) is 0 Å². The number of carbonyl (C=O) groups excluding carboxylic acids is 1. The molecule has 1 atom stereocenters. The lowest BCUT2D eigenvalue weighted by Crippen LogP contribution is -2.41. The van der Waals surface area contributed by atoms with Crippen LogP contribution in [0.25, 0.3) is 0 Å². The van der Waals surface area contributed by atoms with Gasteiger partial charge in [0.1, 0.15) is 5.41 Å². The molecule has 3 N–H and O–H groups in total. The summed E-state index contributed by atoms with van der Waals surface area (Å²) < 4.78 is 0. The van der Waals surface area contributed by atoms with Crippen molar-refractivity contribution in [2.75, 3.05) is 0 Å². The number of aliphatic carboxylic acids is 1. The molecule has 0 aromatic rings. The Bertz CT molecular complexity index is 175. The second-order valence-corrected chi connectivity index (χ2v) is 3.11. The summed E-state index contributed by atoms with van der Waals surface area (Å²) in [6.07, 6.45) is 1.87. The third-order valence-electron chi connectivity index (χ3n) is 2.05. The van der Waals surface area contributed by atoms with E-state index in [9.17, 15) is 9.59 Å². The van der Waals surface area contributed by atoms with Gasteiger partial charge in [-0.05, 0) is 13.3 Å². The van der Waals surface area contributed by atoms with E-state index in [-0.39, 0.29) is 0 Å². The summed E-state index contributed by atoms with van der Waals surface area (Å²) in [5.41, 5.74) is 3.60. The van der Waals surface area contributed by atoms with E-state index in [4.69, 9.17) is 10.8 Å². The molecule has 0 spiro atoms. The first-order valence-electron chi connectivity index (χ1n) is 3.98. The van der Waals surface area contributed by atoms with Crippen LogP contribution < -0.4 is 5.73 Å². The maximum absolute atomic E-state index is 10.8. The lowest BCUT2D eigenvalue weighted by Gasteiger charge is -2.19. The van der Waals surface area contributed by atoms with Crippen LogP contribution in [0, 0.1) is 5.41 Å². The van der Waals surface area contributed by atoms with Gasteiger partial charge in [-0.15, -0.1) is 0 Å². The van der Waals surface area contributed by atoms with Crippen molar-refractivity contribution in [2.24, 2.45) is 11.1 Å². The topological polar surface area (TPSA) is 80.4 Å². The summed E-state index contributed by atoms with van der Waals surface area (Å²) in [6, 6.07) is 0. The van der Waals surface area contributed by atoms with E-state index in [1.165, 1.54) is 6.92 Å². The number of rotatable bonds is 5. The Balaban J connectivity index is 4.40. The maximum atomic E-state index is 10.8. The summed E-state index contributed by atoms with van der Waals surface area (Å²) in [5, 5.41) is 8.73. The molecule has 0 aliphatic rings. The molecule has 4 heteroatoms. The van der Waals surface area contributed by atoms with E-state index in [0.29, 0.717) is 12.8 Å². The number of nitrogens with two attached hydrogens (primary N) is 1. The largest absolute Gasteiger partial charge is 0.480 e. The van der Waals surface area contributed by atoms with E-state index in [0.717, 1.165) is 6.42 Å². The number of hydrogen-bond acceptors (Lipinski definition) is 2. The van der Waals surface area contributed by atoms with Crippen LogP contribution in [-0.4, -0.2) is 17.0 Å². The van der Waals surface area contributed by atoms with Crippen molar-refractivity contribution in [2.45, 2.75) is 33.1 Å². The fourth-order valence-electron chi connectivity index (χ4n) is 0.866. The van der Waals surface area contributed by atoms with Gasteiger partial charge in [-0.2, -0.15) is 0 Å². The number of hydrogen-bond donors (Lipinski definition) is 2. The number of unbranched alkanes of at least 4 members (excludes halogenated alkanes) is 1. The maximum Gasteiger partial charge on any atom is 0.318 e. The molecule has 0 aliphatic carbocycles. The zero-order valence-corrected chi connectivity index (χ0v) is 7.46. The Morgan fingerprint density at radius 1 is 1.50 bits per heavy atom. The third-order valence-corrected chi connectivity index (χ3v) is 2.05. The fourth-order valence-corrected chi connectivity index (χ4v) is 0.866. The summed E-state index contributed by atoms with van der Waals surface area (Å²) in [7, 11) is 0. The Morgan fingerprint density at radius 2 is 2.00 bits per heavy atom. The van der Waals surface area contributed by atoms with E-state index in [2.05, 4.69) is 0 Å². The van der Waals surface area contributed by atoms with Crippen LogP contribution in [0.2, 0.25) is 0 Å². The molecule has 0 saturated carbocycles. The minimum atomic E-state index is -1.39. The second kappa shape index (κ2) is 4.09. The standard InChI is InChI=1S/C8H15NO3/c1-3-4-5-8(2,6(9)10)7(11)12/h3-5H2,1-2H3,(H2,9,10)(H,11,12)/t8-/m1/s1. The molecule has 4 nitrogen and oxygen atoms in total. The highest BCUT2D eigenvalue weighted by Gasteiger charge is 2.38. The molecule has 12 heavy (non-hydrogen) atoms. The van der Waals surface area contributed by atoms with Crippen molar-refractivity contribution < 1.29 is 14.7 Å². The Labute approximate surface area is 71.8 Å². The quantitative estimate of drug-likeness (QED) is 0.602. The highest BCUT2D eigenvalue weighted by Crippen LogP contribution is 2.23. The van der Waals surface area contributed by atoms with Gasteiger partial charge in [-0.3, -0.25) is 9.59 Å². The summed E-state index contributed by atoms with van der Waals surface area (Å²) in [4.78, 5) is 21.5. The summed E-state index contributed by atoms with van der Waals surface area (Å²) in [5.74, 6) is -1.90. The SMILES string of the molecule is CCCC[C@](C)(C(N)=O)C(=O)O. The van der Waals surface area contributed by atoms with Gasteiger partial charge in [0.15, 0.2) is 0 Å². The lowest BCUT2D eigenvalue weighted by atomic mass is 9.84. The van der Waals surface area contributed by atoms with Gasteiger partial charge in [0, 0.05) is 0 Å². The number of amides is 1. The Hall–Kier alpha value is -1.06. The Morgan fingerprint density at radius 3 is 2.25 bits per heavy atom. The number of carboxylic acids is 1. The van der Waals surface area contributed by atoms with Gasteiger partial charge in [0.05, 0.1) is 0 Å². The van der Waals surface area contributed by atoms with Gasteiger partial charge in [-0.25, -0.2) is 0 Å². The van der Waals surface area contributed by atoms with Crippen LogP contribution in [0.4, 0.5) is 0 Å². The van der Waals surface area contributed by atoms with Crippen LogP contribution in [-0.2, 0) is 9.59 Å². The van der Waals surface area contributed by atoms with Crippen LogP contribution >= 0.6 is 0 Å². The molecule has 70 valence electrons. The second-order valence-electron chi connectivity index (χ2n) is 3.11. The van der Waals surface area contributed by atoms with E-state index < -0.39 is 17.3 Å². The highest BCUT2D eigenvalue weighted by molar-refractivity contribution is 6.00. The van der Waals surface area contributed by atoms with E-state index in [1.807, 2.05) is 6.92 Å². The van der Waals surface area contributed by atoms with Gasteiger partial charge < -0.3 is 10.8 Å². The van der Waals surface area contributed by atoms with Crippen LogP contribution in [0.1, 0.15) is 33.1 Å². The number of carboxylic acid groups (broad SMARTS) is 1. The zero-order chi connectivity index (χ0) is 9.78. The first-order chi connectivity index (χ1) is 5.45. The molecular weight excluding hydrogens is 158 g/mol. The molecular formula is C8H15NO3. The normalized spacial score (nSPS) is 15.2. The van der Waals surface area contributed by atoms with Crippen LogP contribution in [0.15, 0.2) is 0 Å². The molecule has 0 aromatic carbocycles. The first kappa shape index (κ1) is 10.9. The molecule has 0 radical (unpaired) electrons. The summed E-state index contributed by atoms with van der Waals surface area (Å²) in [6.45, 7) is 3.30. The highest BCUT2D eigenvalue weighted by atomic mass is 16.4. The fraction of sp³-hybridized carbons (Fsp3) is 0.750. The van der Waals surface area contributed by atoms with Gasteiger partial charge in [-0.1, -0.05) is 19.8 Å². The number of carbonyl (C=O) groups is 2. The zero-order valence-electron chi connectivity index (χ0n) is 7.46. The predicted molar refractivity (Wildman–Crippen MR) is 44.5 cm³/mol. The average molecular weight is 173 g/mol. The van der Waals surface area contributed by atoms with Gasteiger partial charge in [0.25, 0.3) is 0 Å². The van der Waals surface area contributed by atoms with Crippen molar-refractivity contribution in [3.05, 3.63) is 0 Å². The Kier molecular flexibility index (Phi) is 3.73. The number of primary amides is 1. The monoisotopic (exact) mass is 173 g/mol. The van der Waals surface area contributed by atoms with Crippen molar-refractivity contribution in [1.82, 2.24) is 0 Å². The molecule has 0 saturated heterocycles. The van der Waals surface area contributed by atoms with Crippen molar-refractivity contribution in [3.8, 4) is 0 Å². The minimum Gasteiger partial charge on any atom is -0.480 e. The first-order valence-corrected chi connectivity index (χ1v) is 3.98. The lowest BCUT2D eigenvalue weighted by molar-refractivity contribution is -0.154. The molecule has 0 fully saturated rings. The smallest absolute Gasteiger partial charge is 0.318 e. The predicted octanol–water partition coefficient (Wildman–Crippen LogP) is 0.753. The van der Waals surface area contributed by atoms with Crippen molar-refractivity contribution in [1.29, 1.82) is 0 Å². The van der Waals surface area contributed by atoms with Crippen molar-refractivity contribution >= 4 is 11.9 Å². The average Bonchev–Trinajstić information content (AvgIpc) is 1.99. The molecule has 0 rings (SSSR count). The van der Waals surface area contributed by atoms with E-state index >= 15 is 0 Å². The van der Waals surface area contributed by atoms with Gasteiger partial charge in [0.2, 0.25) is 5.91 Å². The molecule has 0 aromatic heterocycles. The molecule has 0 unspecified atom stereocenters. The molecule has 0 aliphatic heterocycles. The molecule has 0 heterocycles. The third kappa shape index (κ3) is 2.22. The summed E-state index contributed by atoms with van der Waals surface area (Å²) >= 11 is 0. The molecule has 0 bridgehead atoms. The molecule has 1 amide bonds. The van der Waals surface area contributed by atoms with Gasteiger partial charge >= 0.3 is 5.97 Å². The van der Waals surface area contributed by atoms with Crippen LogP contribution in [0.3, 0.4) is 0 Å².